The average Bonchev–Trinajstić information content (AvgIpc) is 2.14. The Bertz CT molecular complexity index is 421. The fraction of sp³-hybridized carbons (Fsp3) is 0.500. The maximum Gasteiger partial charge on any atom is 0.303 e. The monoisotopic (exact) mass is 234 g/mol. The number of carboxylic acid groups (broad SMARTS) is 1. The van der Waals surface area contributed by atoms with Crippen LogP contribution in [-0.4, -0.2) is 24.3 Å². The van der Waals surface area contributed by atoms with Gasteiger partial charge in [-0.05, 0) is 18.4 Å². The second-order valence-corrected chi connectivity index (χ2v) is 5.02. The van der Waals surface area contributed by atoms with Crippen LogP contribution in [0, 0.1) is 12.8 Å². The lowest BCUT2D eigenvalue weighted by Crippen LogP contribution is -2.52. The highest BCUT2D eigenvalue weighted by Crippen LogP contribution is 2.41. The van der Waals surface area contributed by atoms with Gasteiger partial charge in [-0.1, -0.05) is 36.8 Å². The van der Waals surface area contributed by atoms with Gasteiger partial charge in [0.15, 0.2) is 0 Å². The van der Waals surface area contributed by atoms with E-state index < -0.39 is 5.97 Å². The molecule has 1 fully saturated rings. The number of aryl methyl sites for hydroxylation is 1. The average molecular weight is 234 g/mol. The first-order valence-corrected chi connectivity index (χ1v) is 5.91. The Labute approximate surface area is 101 Å². The fourth-order valence-electron chi connectivity index (χ4n) is 2.47. The molecule has 92 valence electrons. The summed E-state index contributed by atoms with van der Waals surface area (Å²) in [6.07, 6.45) is 0.192. The Balaban J connectivity index is 2.28. The lowest BCUT2D eigenvalue weighted by molar-refractivity contribution is -0.142. The van der Waals surface area contributed by atoms with Crippen molar-refractivity contribution in [2.24, 2.45) is 5.92 Å². The number of ether oxygens (including phenoxy) is 1. The minimum Gasteiger partial charge on any atom is -0.481 e. The third-order valence-corrected chi connectivity index (χ3v) is 3.74. The minimum absolute atomic E-state index is 0.0931. The van der Waals surface area contributed by atoms with E-state index in [1.807, 2.05) is 13.0 Å². The molecule has 1 saturated heterocycles. The van der Waals surface area contributed by atoms with Crippen molar-refractivity contribution in [1.82, 2.24) is 0 Å². The number of benzene rings is 1. The highest BCUT2D eigenvalue weighted by molar-refractivity contribution is 5.67. The molecular formula is C14H18O3. The van der Waals surface area contributed by atoms with Crippen LogP contribution in [0.1, 0.15) is 24.5 Å². The molecule has 17 heavy (non-hydrogen) atoms. The fourth-order valence-corrected chi connectivity index (χ4v) is 2.47. The summed E-state index contributed by atoms with van der Waals surface area (Å²) in [6, 6.07) is 8.30. The molecule has 1 aromatic carbocycles. The molecule has 0 aromatic heterocycles. The topological polar surface area (TPSA) is 46.5 Å². The third-order valence-electron chi connectivity index (χ3n) is 3.74. The molecule has 1 heterocycles. The smallest absolute Gasteiger partial charge is 0.303 e. The predicted octanol–water partition coefficient (Wildman–Crippen LogP) is 2.37. The molecular weight excluding hydrogens is 216 g/mol. The zero-order chi connectivity index (χ0) is 12.5. The van der Waals surface area contributed by atoms with Crippen LogP contribution in [0.15, 0.2) is 24.3 Å². The van der Waals surface area contributed by atoms with E-state index in [1.54, 1.807) is 0 Å². The highest BCUT2D eigenvalue weighted by atomic mass is 16.5. The standard InChI is InChI=1S/C14H18O3/c1-10-4-3-5-12(6-10)14(8-17-9-14)11(2)7-13(15)16/h3-6,11H,7-9H2,1-2H3,(H,15,16). The number of hydrogen-bond acceptors (Lipinski definition) is 2. The summed E-state index contributed by atoms with van der Waals surface area (Å²) >= 11 is 0. The predicted molar refractivity (Wildman–Crippen MR) is 65.1 cm³/mol. The van der Waals surface area contributed by atoms with E-state index in [9.17, 15) is 4.79 Å². The van der Waals surface area contributed by atoms with Crippen LogP contribution >= 0.6 is 0 Å². The van der Waals surface area contributed by atoms with Crippen molar-refractivity contribution < 1.29 is 14.6 Å². The molecule has 0 spiro atoms. The van der Waals surface area contributed by atoms with Gasteiger partial charge in [0.2, 0.25) is 0 Å². The van der Waals surface area contributed by atoms with Gasteiger partial charge in [0.25, 0.3) is 0 Å². The summed E-state index contributed by atoms with van der Waals surface area (Å²) in [4.78, 5) is 10.9. The zero-order valence-electron chi connectivity index (χ0n) is 10.3. The number of carbonyl (C=O) groups is 1. The molecule has 3 heteroatoms. The Hall–Kier alpha value is -1.35. The second kappa shape index (κ2) is 4.49. The van der Waals surface area contributed by atoms with Crippen LogP contribution in [0.3, 0.4) is 0 Å². The summed E-state index contributed by atoms with van der Waals surface area (Å²) in [6.45, 7) is 5.31. The second-order valence-electron chi connectivity index (χ2n) is 5.02. The molecule has 2 rings (SSSR count). The van der Waals surface area contributed by atoms with Gasteiger partial charge in [-0.3, -0.25) is 4.79 Å². The Kier molecular flexibility index (Phi) is 3.20. The maximum absolute atomic E-state index is 10.9. The SMILES string of the molecule is Cc1cccc(C2(C(C)CC(=O)O)COC2)c1. The van der Waals surface area contributed by atoms with Gasteiger partial charge in [0.1, 0.15) is 0 Å². The minimum atomic E-state index is -0.739. The van der Waals surface area contributed by atoms with E-state index in [0.717, 1.165) is 0 Å². The van der Waals surface area contributed by atoms with Crippen LogP contribution in [-0.2, 0) is 14.9 Å². The summed E-state index contributed by atoms with van der Waals surface area (Å²) < 4.78 is 5.34. The highest BCUT2D eigenvalue weighted by Gasteiger charge is 2.45. The lowest BCUT2D eigenvalue weighted by Gasteiger charge is -2.46. The summed E-state index contributed by atoms with van der Waals surface area (Å²) in [5.41, 5.74) is 2.30. The zero-order valence-corrected chi connectivity index (χ0v) is 10.3. The Morgan fingerprint density at radius 1 is 1.53 bits per heavy atom. The van der Waals surface area contributed by atoms with E-state index in [0.29, 0.717) is 13.2 Å². The van der Waals surface area contributed by atoms with Crippen molar-refractivity contribution in [2.45, 2.75) is 25.7 Å². The summed E-state index contributed by atoms with van der Waals surface area (Å²) in [5, 5.41) is 8.93. The van der Waals surface area contributed by atoms with Gasteiger partial charge in [-0.15, -0.1) is 0 Å². The van der Waals surface area contributed by atoms with E-state index in [-0.39, 0.29) is 17.8 Å². The van der Waals surface area contributed by atoms with Crippen molar-refractivity contribution in [2.75, 3.05) is 13.2 Å². The van der Waals surface area contributed by atoms with Crippen LogP contribution < -0.4 is 0 Å². The van der Waals surface area contributed by atoms with E-state index in [2.05, 4.69) is 25.1 Å². The maximum atomic E-state index is 10.9. The van der Waals surface area contributed by atoms with Gasteiger partial charge in [-0.25, -0.2) is 0 Å². The van der Waals surface area contributed by atoms with Gasteiger partial charge >= 0.3 is 5.97 Å². The normalized spacial score (nSPS) is 19.4. The molecule has 1 aliphatic rings. The van der Waals surface area contributed by atoms with Crippen molar-refractivity contribution in [1.29, 1.82) is 0 Å². The Morgan fingerprint density at radius 2 is 2.24 bits per heavy atom. The van der Waals surface area contributed by atoms with Crippen LogP contribution in [0.25, 0.3) is 0 Å². The lowest BCUT2D eigenvalue weighted by atomic mass is 9.68. The largest absolute Gasteiger partial charge is 0.481 e. The van der Waals surface area contributed by atoms with Gasteiger partial charge in [-0.2, -0.15) is 0 Å². The third kappa shape index (κ3) is 2.20. The Morgan fingerprint density at radius 3 is 2.71 bits per heavy atom. The molecule has 1 unspecified atom stereocenters. The number of aliphatic carboxylic acids is 1. The molecule has 3 nitrogen and oxygen atoms in total. The van der Waals surface area contributed by atoms with Gasteiger partial charge < -0.3 is 9.84 Å². The molecule has 1 aliphatic heterocycles. The summed E-state index contributed by atoms with van der Waals surface area (Å²) in [5.74, 6) is -0.646. The molecule has 1 N–H and O–H groups in total. The van der Waals surface area contributed by atoms with Crippen molar-refractivity contribution in [3.63, 3.8) is 0 Å². The van der Waals surface area contributed by atoms with Crippen molar-refractivity contribution in [3.8, 4) is 0 Å². The number of carboxylic acids is 1. The first-order chi connectivity index (χ1) is 8.04. The molecule has 0 amide bonds. The molecule has 0 aliphatic carbocycles. The molecule has 0 saturated carbocycles. The van der Waals surface area contributed by atoms with Crippen LogP contribution in [0.5, 0.6) is 0 Å². The first-order valence-electron chi connectivity index (χ1n) is 5.91. The van der Waals surface area contributed by atoms with E-state index in [1.165, 1.54) is 11.1 Å². The van der Waals surface area contributed by atoms with E-state index >= 15 is 0 Å². The van der Waals surface area contributed by atoms with Crippen molar-refractivity contribution in [3.05, 3.63) is 35.4 Å². The van der Waals surface area contributed by atoms with Gasteiger partial charge in [0, 0.05) is 11.8 Å². The van der Waals surface area contributed by atoms with Crippen LogP contribution in [0.2, 0.25) is 0 Å². The molecule has 0 bridgehead atoms. The number of rotatable bonds is 4. The molecule has 1 atom stereocenters. The quantitative estimate of drug-likeness (QED) is 0.870. The molecule has 0 radical (unpaired) electrons. The van der Waals surface area contributed by atoms with Crippen molar-refractivity contribution >= 4 is 5.97 Å². The summed E-state index contributed by atoms with van der Waals surface area (Å²) in [7, 11) is 0. The first kappa shape index (κ1) is 12.1. The van der Waals surface area contributed by atoms with Gasteiger partial charge in [0.05, 0.1) is 13.2 Å². The van der Waals surface area contributed by atoms with E-state index in [4.69, 9.17) is 9.84 Å². The number of hydrogen-bond donors (Lipinski definition) is 1. The van der Waals surface area contributed by atoms with Crippen LogP contribution in [0.4, 0.5) is 0 Å². The molecule has 1 aromatic rings.